The maximum Gasteiger partial charge on any atom is 0.335 e. The zero-order valence-corrected chi connectivity index (χ0v) is 8.57. The molecular weight excluding hydrogens is 190 g/mol. The van der Waals surface area contributed by atoms with Crippen molar-refractivity contribution < 1.29 is 9.90 Å². The van der Waals surface area contributed by atoms with Gasteiger partial charge >= 0.3 is 5.97 Å². The molecule has 0 fully saturated rings. The number of aryl methyl sites for hydroxylation is 1. The Morgan fingerprint density at radius 2 is 2.33 bits per heavy atom. The molecule has 2 rings (SSSR count). The molecule has 0 aromatic heterocycles. The van der Waals surface area contributed by atoms with Crippen molar-refractivity contribution >= 4 is 5.97 Å². The van der Waals surface area contributed by atoms with Crippen LogP contribution in [0, 0.1) is 0 Å². The van der Waals surface area contributed by atoms with Crippen LogP contribution in [0.25, 0.3) is 0 Å². The quantitative estimate of drug-likeness (QED) is 0.773. The Bertz CT molecular complexity index is 387. The molecule has 0 amide bonds. The minimum atomic E-state index is -0.862. The highest BCUT2D eigenvalue weighted by atomic mass is 16.4. The summed E-state index contributed by atoms with van der Waals surface area (Å²) in [5.74, 6) is -0.521. The lowest BCUT2D eigenvalue weighted by atomic mass is 9.82. The van der Waals surface area contributed by atoms with E-state index >= 15 is 0 Å². The van der Waals surface area contributed by atoms with Crippen LogP contribution in [-0.2, 0) is 6.42 Å². The van der Waals surface area contributed by atoms with Crippen LogP contribution in [-0.4, -0.2) is 17.6 Å². The normalized spacial score (nSPS) is 19.7. The van der Waals surface area contributed by atoms with Crippen molar-refractivity contribution in [3.63, 3.8) is 0 Å². The highest BCUT2D eigenvalue weighted by Gasteiger charge is 2.20. The number of fused-ring (bicyclic) bond motifs is 1. The van der Waals surface area contributed by atoms with Crippen LogP contribution >= 0.6 is 0 Å². The third-order valence-electron chi connectivity index (χ3n) is 3.12. The summed E-state index contributed by atoms with van der Waals surface area (Å²) in [6.45, 7) is 0.607. The molecule has 1 atom stereocenters. The molecule has 0 bridgehead atoms. The standard InChI is InChI=1S/C12H15NO2/c13-7-10-3-1-2-8-4-5-9(12(14)15)6-11(8)10/h4-6,10H,1-3,7,13H2,(H,14,15)/t10-/m1/s1. The molecule has 3 N–H and O–H groups in total. The van der Waals surface area contributed by atoms with Gasteiger partial charge in [-0.25, -0.2) is 4.79 Å². The third kappa shape index (κ3) is 1.88. The van der Waals surface area contributed by atoms with E-state index in [9.17, 15) is 4.79 Å². The second-order valence-electron chi connectivity index (χ2n) is 4.04. The highest BCUT2D eigenvalue weighted by Crippen LogP contribution is 2.31. The van der Waals surface area contributed by atoms with Gasteiger partial charge in [0, 0.05) is 0 Å². The molecule has 1 aromatic carbocycles. The van der Waals surface area contributed by atoms with Gasteiger partial charge in [0.2, 0.25) is 0 Å². The summed E-state index contributed by atoms with van der Waals surface area (Å²) in [6, 6.07) is 5.40. The lowest BCUT2D eigenvalue weighted by Crippen LogP contribution is -2.18. The smallest absolute Gasteiger partial charge is 0.335 e. The van der Waals surface area contributed by atoms with Crippen LogP contribution in [0.4, 0.5) is 0 Å². The van der Waals surface area contributed by atoms with E-state index in [0.29, 0.717) is 18.0 Å². The number of benzene rings is 1. The van der Waals surface area contributed by atoms with Crippen molar-refractivity contribution in [2.45, 2.75) is 25.2 Å². The molecule has 3 nitrogen and oxygen atoms in total. The average Bonchev–Trinajstić information content (AvgIpc) is 2.27. The molecule has 0 saturated heterocycles. The Balaban J connectivity index is 2.43. The summed E-state index contributed by atoms with van der Waals surface area (Å²) < 4.78 is 0. The van der Waals surface area contributed by atoms with Crippen LogP contribution in [0.15, 0.2) is 18.2 Å². The molecule has 0 saturated carbocycles. The summed E-state index contributed by atoms with van der Waals surface area (Å²) in [5.41, 5.74) is 8.47. The number of rotatable bonds is 2. The molecule has 15 heavy (non-hydrogen) atoms. The summed E-state index contributed by atoms with van der Waals surface area (Å²) >= 11 is 0. The first-order chi connectivity index (χ1) is 7.22. The second-order valence-corrected chi connectivity index (χ2v) is 4.04. The van der Waals surface area contributed by atoms with Crippen molar-refractivity contribution in [3.05, 3.63) is 34.9 Å². The van der Waals surface area contributed by atoms with E-state index in [2.05, 4.69) is 0 Å². The van der Waals surface area contributed by atoms with Gasteiger partial charge in [0.15, 0.2) is 0 Å². The number of hydrogen-bond donors (Lipinski definition) is 2. The second kappa shape index (κ2) is 4.03. The van der Waals surface area contributed by atoms with Gasteiger partial charge in [0.05, 0.1) is 5.56 Å². The van der Waals surface area contributed by atoms with Gasteiger partial charge in [-0.2, -0.15) is 0 Å². The van der Waals surface area contributed by atoms with Crippen LogP contribution < -0.4 is 5.73 Å². The molecular formula is C12H15NO2. The number of carboxylic acid groups (broad SMARTS) is 1. The van der Waals surface area contributed by atoms with Gasteiger partial charge in [0.1, 0.15) is 0 Å². The molecule has 0 aliphatic heterocycles. The number of aromatic carboxylic acids is 1. The molecule has 1 aliphatic rings. The minimum absolute atomic E-state index is 0.341. The number of carbonyl (C=O) groups is 1. The number of hydrogen-bond acceptors (Lipinski definition) is 2. The van der Waals surface area contributed by atoms with E-state index in [0.717, 1.165) is 24.8 Å². The van der Waals surface area contributed by atoms with E-state index in [4.69, 9.17) is 10.8 Å². The molecule has 0 heterocycles. The predicted octanol–water partition coefficient (Wildman–Crippen LogP) is 1.76. The van der Waals surface area contributed by atoms with E-state index in [1.807, 2.05) is 6.07 Å². The highest BCUT2D eigenvalue weighted by molar-refractivity contribution is 5.88. The maximum atomic E-state index is 10.9. The topological polar surface area (TPSA) is 63.3 Å². The molecule has 0 radical (unpaired) electrons. The Morgan fingerprint density at radius 1 is 1.53 bits per heavy atom. The van der Waals surface area contributed by atoms with Crippen molar-refractivity contribution in [2.75, 3.05) is 6.54 Å². The number of nitrogens with two attached hydrogens (primary N) is 1. The summed E-state index contributed by atoms with van der Waals surface area (Å²) in [4.78, 5) is 10.9. The molecule has 80 valence electrons. The van der Waals surface area contributed by atoms with E-state index in [-0.39, 0.29) is 0 Å². The van der Waals surface area contributed by atoms with Crippen LogP contribution in [0.3, 0.4) is 0 Å². The fraction of sp³-hybridized carbons (Fsp3) is 0.417. The summed E-state index contributed by atoms with van der Waals surface area (Å²) in [5, 5.41) is 8.91. The van der Waals surface area contributed by atoms with E-state index in [1.165, 1.54) is 5.56 Å². The van der Waals surface area contributed by atoms with Gasteiger partial charge in [0.25, 0.3) is 0 Å². The zero-order valence-electron chi connectivity index (χ0n) is 8.57. The van der Waals surface area contributed by atoms with Crippen LogP contribution in [0.1, 0.15) is 40.2 Å². The Hall–Kier alpha value is -1.35. The van der Waals surface area contributed by atoms with Crippen LogP contribution in [0.2, 0.25) is 0 Å². The third-order valence-corrected chi connectivity index (χ3v) is 3.12. The fourth-order valence-electron chi connectivity index (χ4n) is 2.27. The lowest BCUT2D eigenvalue weighted by Gasteiger charge is -2.24. The minimum Gasteiger partial charge on any atom is -0.478 e. The molecule has 1 aliphatic carbocycles. The van der Waals surface area contributed by atoms with E-state index in [1.54, 1.807) is 12.1 Å². The average molecular weight is 205 g/mol. The maximum absolute atomic E-state index is 10.9. The number of carboxylic acids is 1. The van der Waals surface area contributed by atoms with Crippen molar-refractivity contribution in [1.82, 2.24) is 0 Å². The molecule has 3 heteroatoms. The van der Waals surface area contributed by atoms with Crippen molar-refractivity contribution in [2.24, 2.45) is 5.73 Å². The van der Waals surface area contributed by atoms with Gasteiger partial charge in [-0.3, -0.25) is 0 Å². The van der Waals surface area contributed by atoms with Gasteiger partial charge in [-0.1, -0.05) is 6.07 Å². The largest absolute Gasteiger partial charge is 0.478 e. The molecule has 0 unspecified atom stereocenters. The molecule has 0 spiro atoms. The van der Waals surface area contributed by atoms with Crippen molar-refractivity contribution in [3.8, 4) is 0 Å². The fourth-order valence-corrected chi connectivity index (χ4v) is 2.27. The first-order valence-electron chi connectivity index (χ1n) is 5.28. The summed E-state index contributed by atoms with van der Waals surface area (Å²) in [6.07, 6.45) is 3.28. The first kappa shape index (κ1) is 10.2. The van der Waals surface area contributed by atoms with Crippen LogP contribution in [0.5, 0.6) is 0 Å². The summed E-state index contributed by atoms with van der Waals surface area (Å²) in [7, 11) is 0. The van der Waals surface area contributed by atoms with Gasteiger partial charge in [-0.15, -0.1) is 0 Å². The van der Waals surface area contributed by atoms with Gasteiger partial charge in [-0.05, 0) is 55.0 Å². The Labute approximate surface area is 88.9 Å². The Morgan fingerprint density at radius 3 is 3.00 bits per heavy atom. The monoisotopic (exact) mass is 205 g/mol. The predicted molar refractivity (Wildman–Crippen MR) is 58.1 cm³/mol. The van der Waals surface area contributed by atoms with Crippen molar-refractivity contribution in [1.29, 1.82) is 0 Å². The molecule has 1 aromatic rings. The Kier molecular flexibility index (Phi) is 2.73. The van der Waals surface area contributed by atoms with E-state index < -0.39 is 5.97 Å². The lowest BCUT2D eigenvalue weighted by molar-refractivity contribution is 0.0696. The van der Waals surface area contributed by atoms with Gasteiger partial charge < -0.3 is 10.8 Å². The first-order valence-corrected chi connectivity index (χ1v) is 5.28. The SMILES string of the molecule is NC[C@H]1CCCc2ccc(C(=O)O)cc21. The zero-order chi connectivity index (χ0) is 10.8.